The molecule has 80 valence electrons. The Hall–Kier alpha value is -1.99. The van der Waals surface area contributed by atoms with Crippen molar-refractivity contribution < 1.29 is 4.74 Å². The van der Waals surface area contributed by atoms with Gasteiger partial charge in [-0.25, -0.2) is 0 Å². The Morgan fingerprint density at radius 1 is 1.50 bits per heavy atom. The second kappa shape index (κ2) is 4.25. The van der Waals surface area contributed by atoms with E-state index in [0.717, 1.165) is 0 Å². The molecule has 0 bridgehead atoms. The van der Waals surface area contributed by atoms with Crippen LogP contribution in [0.15, 0.2) is 30.6 Å². The number of nitriles is 1. The summed E-state index contributed by atoms with van der Waals surface area (Å²) in [6, 6.07) is 7.08. The molecular weight excluding hydrogens is 226 g/mol. The Morgan fingerprint density at radius 3 is 2.94 bits per heavy atom. The SMILES string of the molecule is Cn1cc(Oc2cccc(Cl)c2C#N)cn1. The van der Waals surface area contributed by atoms with Gasteiger partial charge in [0.05, 0.1) is 17.4 Å². The summed E-state index contributed by atoms with van der Waals surface area (Å²) in [6.07, 6.45) is 3.28. The molecule has 0 radical (unpaired) electrons. The average Bonchev–Trinajstić information content (AvgIpc) is 2.64. The normalized spacial score (nSPS) is 9.81. The number of hydrogen-bond donors (Lipinski definition) is 0. The van der Waals surface area contributed by atoms with E-state index in [0.29, 0.717) is 22.1 Å². The molecule has 4 nitrogen and oxygen atoms in total. The van der Waals surface area contributed by atoms with Gasteiger partial charge in [-0.05, 0) is 12.1 Å². The standard InChI is InChI=1S/C11H8ClN3O/c1-15-7-8(6-14-15)16-11-4-2-3-10(12)9(11)5-13/h2-4,6-7H,1H3. The first-order valence-corrected chi connectivity index (χ1v) is 4.93. The molecule has 1 aromatic carbocycles. The van der Waals surface area contributed by atoms with Crippen LogP contribution >= 0.6 is 11.6 Å². The zero-order chi connectivity index (χ0) is 11.5. The van der Waals surface area contributed by atoms with E-state index >= 15 is 0 Å². The molecule has 0 aliphatic heterocycles. The summed E-state index contributed by atoms with van der Waals surface area (Å²) in [5, 5.41) is 13.3. The third-order valence-electron chi connectivity index (χ3n) is 2.00. The molecule has 0 saturated heterocycles. The van der Waals surface area contributed by atoms with Crippen LogP contribution < -0.4 is 4.74 Å². The number of nitrogens with zero attached hydrogens (tertiary/aromatic N) is 3. The van der Waals surface area contributed by atoms with E-state index in [1.165, 1.54) is 0 Å². The lowest BCUT2D eigenvalue weighted by Crippen LogP contribution is -1.88. The summed E-state index contributed by atoms with van der Waals surface area (Å²) in [5.74, 6) is 1.00. The molecule has 2 aromatic rings. The van der Waals surface area contributed by atoms with E-state index < -0.39 is 0 Å². The molecule has 0 fully saturated rings. The first kappa shape index (κ1) is 10.5. The fourth-order valence-corrected chi connectivity index (χ4v) is 1.48. The van der Waals surface area contributed by atoms with Crippen LogP contribution in [0.4, 0.5) is 0 Å². The highest BCUT2D eigenvalue weighted by Crippen LogP contribution is 2.29. The van der Waals surface area contributed by atoms with Gasteiger partial charge in [-0.15, -0.1) is 0 Å². The van der Waals surface area contributed by atoms with Gasteiger partial charge in [-0.3, -0.25) is 4.68 Å². The van der Waals surface area contributed by atoms with Gasteiger partial charge in [0.2, 0.25) is 0 Å². The summed E-state index contributed by atoms with van der Waals surface area (Å²) >= 11 is 5.88. The highest BCUT2D eigenvalue weighted by Gasteiger charge is 2.09. The fraction of sp³-hybridized carbons (Fsp3) is 0.0909. The van der Waals surface area contributed by atoms with E-state index in [1.54, 1.807) is 42.3 Å². The first-order chi connectivity index (χ1) is 7.70. The van der Waals surface area contributed by atoms with Crippen LogP contribution in [0.2, 0.25) is 5.02 Å². The highest BCUT2D eigenvalue weighted by atomic mass is 35.5. The monoisotopic (exact) mass is 233 g/mol. The van der Waals surface area contributed by atoms with Crippen LogP contribution in [-0.4, -0.2) is 9.78 Å². The maximum absolute atomic E-state index is 8.95. The summed E-state index contributed by atoms with van der Waals surface area (Å²) in [5.41, 5.74) is 0.327. The maximum atomic E-state index is 8.95. The zero-order valence-corrected chi connectivity index (χ0v) is 9.27. The predicted octanol–water partition coefficient (Wildman–Crippen LogP) is 2.74. The van der Waals surface area contributed by atoms with E-state index in [1.807, 2.05) is 6.07 Å². The van der Waals surface area contributed by atoms with Crippen molar-refractivity contribution in [3.05, 3.63) is 41.2 Å². The van der Waals surface area contributed by atoms with Gasteiger partial charge >= 0.3 is 0 Å². The second-order valence-electron chi connectivity index (χ2n) is 3.18. The molecule has 0 spiro atoms. The van der Waals surface area contributed by atoms with E-state index in [4.69, 9.17) is 21.6 Å². The lowest BCUT2D eigenvalue weighted by atomic mass is 10.2. The van der Waals surface area contributed by atoms with E-state index in [9.17, 15) is 0 Å². The number of rotatable bonds is 2. The van der Waals surface area contributed by atoms with Crippen LogP contribution in [0.25, 0.3) is 0 Å². The Balaban J connectivity index is 2.35. The molecule has 0 N–H and O–H groups in total. The van der Waals surface area contributed by atoms with Crippen molar-refractivity contribution in [2.24, 2.45) is 7.05 Å². The van der Waals surface area contributed by atoms with Gasteiger partial charge in [-0.2, -0.15) is 10.4 Å². The molecule has 0 aliphatic rings. The highest BCUT2D eigenvalue weighted by molar-refractivity contribution is 6.31. The first-order valence-electron chi connectivity index (χ1n) is 4.56. The lowest BCUT2D eigenvalue weighted by molar-refractivity contribution is 0.480. The largest absolute Gasteiger partial charge is 0.453 e. The summed E-state index contributed by atoms with van der Waals surface area (Å²) in [6.45, 7) is 0. The van der Waals surface area contributed by atoms with Crippen molar-refractivity contribution in [3.63, 3.8) is 0 Å². The molecule has 0 saturated carbocycles. The number of aromatic nitrogens is 2. The molecule has 0 atom stereocenters. The Bertz CT molecular complexity index is 557. The predicted molar refractivity (Wildman–Crippen MR) is 59.4 cm³/mol. The summed E-state index contributed by atoms with van der Waals surface area (Å²) in [4.78, 5) is 0. The number of ether oxygens (including phenoxy) is 1. The molecule has 5 heteroatoms. The summed E-state index contributed by atoms with van der Waals surface area (Å²) in [7, 11) is 1.79. The van der Waals surface area contributed by atoms with Crippen molar-refractivity contribution in [2.75, 3.05) is 0 Å². The molecule has 0 amide bonds. The molecular formula is C11H8ClN3O. The van der Waals surface area contributed by atoms with Crippen molar-refractivity contribution in [1.82, 2.24) is 9.78 Å². The minimum absolute atomic E-state index is 0.327. The molecule has 2 rings (SSSR count). The van der Waals surface area contributed by atoms with Crippen LogP contribution in [-0.2, 0) is 7.05 Å². The minimum atomic E-state index is 0.327. The van der Waals surface area contributed by atoms with Gasteiger partial charge in [0.25, 0.3) is 0 Å². The van der Waals surface area contributed by atoms with E-state index in [2.05, 4.69) is 5.10 Å². The van der Waals surface area contributed by atoms with Crippen LogP contribution in [0.3, 0.4) is 0 Å². The van der Waals surface area contributed by atoms with Crippen molar-refractivity contribution in [3.8, 4) is 17.6 Å². The van der Waals surface area contributed by atoms with Crippen LogP contribution in [0.1, 0.15) is 5.56 Å². The number of aryl methyl sites for hydroxylation is 1. The topological polar surface area (TPSA) is 50.8 Å². The van der Waals surface area contributed by atoms with Gasteiger partial charge < -0.3 is 4.74 Å². The van der Waals surface area contributed by atoms with Crippen molar-refractivity contribution in [1.29, 1.82) is 5.26 Å². The Labute approximate surface area is 97.6 Å². The summed E-state index contributed by atoms with van der Waals surface area (Å²) < 4.78 is 7.13. The molecule has 0 unspecified atom stereocenters. The molecule has 1 heterocycles. The minimum Gasteiger partial charge on any atom is -0.453 e. The molecule has 16 heavy (non-hydrogen) atoms. The molecule has 0 aliphatic carbocycles. The van der Waals surface area contributed by atoms with E-state index in [-0.39, 0.29) is 0 Å². The fourth-order valence-electron chi connectivity index (χ4n) is 1.28. The maximum Gasteiger partial charge on any atom is 0.165 e. The van der Waals surface area contributed by atoms with Crippen LogP contribution in [0, 0.1) is 11.3 Å². The number of benzene rings is 1. The number of halogens is 1. The lowest BCUT2D eigenvalue weighted by Gasteiger charge is -2.05. The van der Waals surface area contributed by atoms with Crippen molar-refractivity contribution >= 4 is 11.6 Å². The van der Waals surface area contributed by atoms with Gasteiger partial charge in [-0.1, -0.05) is 17.7 Å². The van der Waals surface area contributed by atoms with Gasteiger partial charge in [0, 0.05) is 7.05 Å². The average molecular weight is 234 g/mol. The van der Waals surface area contributed by atoms with Gasteiger partial charge in [0.15, 0.2) is 5.75 Å². The Morgan fingerprint density at radius 2 is 2.31 bits per heavy atom. The molecule has 1 aromatic heterocycles. The third kappa shape index (κ3) is 2.00. The zero-order valence-electron chi connectivity index (χ0n) is 8.51. The Kier molecular flexibility index (Phi) is 2.80. The second-order valence-corrected chi connectivity index (χ2v) is 3.58. The van der Waals surface area contributed by atoms with Crippen LogP contribution in [0.5, 0.6) is 11.5 Å². The third-order valence-corrected chi connectivity index (χ3v) is 2.31. The van der Waals surface area contributed by atoms with Crippen molar-refractivity contribution in [2.45, 2.75) is 0 Å². The quantitative estimate of drug-likeness (QED) is 0.801. The smallest absolute Gasteiger partial charge is 0.165 e. The van der Waals surface area contributed by atoms with Gasteiger partial charge in [0.1, 0.15) is 17.4 Å². The number of hydrogen-bond acceptors (Lipinski definition) is 3.